The topological polar surface area (TPSA) is 59.8 Å². The fourth-order valence-corrected chi connectivity index (χ4v) is 4.83. The number of amides is 1. The quantitative estimate of drug-likeness (QED) is 0.233. The number of aromatic nitrogens is 3. The first-order valence-electron chi connectivity index (χ1n) is 12.5. The van der Waals surface area contributed by atoms with Gasteiger partial charge in [-0.1, -0.05) is 94.4 Å². The molecule has 1 unspecified atom stereocenters. The van der Waals surface area contributed by atoms with Gasteiger partial charge in [-0.2, -0.15) is 0 Å². The van der Waals surface area contributed by atoms with Crippen LogP contribution < -0.4 is 5.32 Å². The van der Waals surface area contributed by atoms with Gasteiger partial charge in [0.05, 0.1) is 5.75 Å². The number of benzene rings is 3. The number of halogens is 1. The van der Waals surface area contributed by atoms with E-state index in [-0.39, 0.29) is 17.1 Å². The Morgan fingerprint density at radius 2 is 1.62 bits per heavy atom. The average Bonchev–Trinajstić information content (AvgIpc) is 3.31. The largest absolute Gasteiger partial charge is 0.325 e. The lowest BCUT2D eigenvalue weighted by Gasteiger charge is -2.19. The Kier molecular flexibility index (Phi) is 8.40. The molecule has 0 saturated heterocycles. The average molecular weight is 533 g/mol. The maximum Gasteiger partial charge on any atom is 0.234 e. The molecule has 0 aliphatic heterocycles. The van der Waals surface area contributed by atoms with Gasteiger partial charge in [0.25, 0.3) is 0 Å². The zero-order valence-electron chi connectivity index (χ0n) is 22.0. The Balaban J connectivity index is 1.55. The first-order chi connectivity index (χ1) is 17.7. The molecule has 192 valence electrons. The van der Waals surface area contributed by atoms with Crippen molar-refractivity contribution in [3.8, 4) is 17.1 Å². The van der Waals surface area contributed by atoms with Crippen LogP contribution in [0.4, 0.5) is 5.69 Å². The van der Waals surface area contributed by atoms with Crippen molar-refractivity contribution in [2.75, 3.05) is 11.1 Å². The van der Waals surface area contributed by atoms with E-state index in [9.17, 15) is 4.79 Å². The number of hydrogen-bond donors (Lipinski definition) is 1. The molecule has 1 N–H and O–H groups in total. The lowest BCUT2D eigenvalue weighted by atomic mass is 9.87. The van der Waals surface area contributed by atoms with Gasteiger partial charge >= 0.3 is 0 Å². The van der Waals surface area contributed by atoms with Crippen molar-refractivity contribution in [3.63, 3.8) is 0 Å². The van der Waals surface area contributed by atoms with E-state index in [1.807, 2.05) is 41.0 Å². The van der Waals surface area contributed by atoms with Crippen molar-refractivity contribution >= 4 is 35.0 Å². The monoisotopic (exact) mass is 532 g/mol. The van der Waals surface area contributed by atoms with Crippen molar-refractivity contribution < 1.29 is 4.79 Å². The van der Waals surface area contributed by atoms with Crippen LogP contribution in [0.25, 0.3) is 17.1 Å². The van der Waals surface area contributed by atoms with Crippen molar-refractivity contribution in [2.45, 2.75) is 57.5 Å². The fourth-order valence-electron chi connectivity index (χ4n) is 3.95. The SMILES string of the molecule is CCC(C)c1ccc(NC(=O)CSc2nnc(-c3ccc(C(C)(C)C)cc3)n2-c2ccc(Cl)cc2)cc1. The van der Waals surface area contributed by atoms with Gasteiger partial charge in [0.15, 0.2) is 11.0 Å². The van der Waals surface area contributed by atoms with Crippen LogP contribution in [-0.4, -0.2) is 26.4 Å². The van der Waals surface area contributed by atoms with Crippen LogP contribution in [0.1, 0.15) is 58.1 Å². The molecule has 1 amide bonds. The van der Waals surface area contributed by atoms with Gasteiger partial charge in [0, 0.05) is 22.0 Å². The van der Waals surface area contributed by atoms with Crippen LogP contribution in [0.2, 0.25) is 5.02 Å². The van der Waals surface area contributed by atoms with E-state index in [1.54, 1.807) is 0 Å². The van der Waals surface area contributed by atoms with Crippen LogP contribution in [0, 0.1) is 0 Å². The Morgan fingerprint density at radius 3 is 2.22 bits per heavy atom. The zero-order valence-corrected chi connectivity index (χ0v) is 23.5. The summed E-state index contributed by atoms with van der Waals surface area (Å²) >= 11 is 7.50. The highest BCUT2D eigenvalue weighted by Gasteiger charge is 2.19. The molecule has 0 saturated carbocycles. The van der Waals surface area contributed by atoms with Gasteiger partial charge in [-0.25, -0.2) is 0 Å². The maximum atomic E-state index is 12.8. The molecule has 0 bridgehead atoms. The summed E-state index contributed by atoms with van der Waals surface area (Å²) in [4.78, 5) is 12.8. The van der Waals surface area contributed by atoms with Gasteiger partial charge < -0.3 is 5.32 Å². The molecule has 7 heteroatoms. The molecule has 4 rings (SSSR count). The number of rotatable bonds is 8. The van der Waals surface area contributed by atoms with E-state index in [1.165, 1.54) is 22.9 Å². The Hall–Kier alpha value is -3.09. The molecule has 1 aromatic heterocycles. The summed E-state index contributed by atoms with van der Waals surface area (Å²) in [7, 11) is 0. The van der Waals surface area contributed by atoms with Crippen LogP contribution >= 0.6 is 23.4 Å². The minimum absolute atomic E-state index is 0.0608. The highest BCUT2D eigenvalue weighted by Crippen LogP contribution is 2.31. The summed E-state index contributed by atoms with van der Waals surface area (Å²) in [6.45, 7) is 11.0. The summed E-state index contributed by atoms with van der Waals surface area (Å²) in [5.41, 5.74) is 5.20. The van der Waals surface area contributed by atoms with Crippen LogP contribution in [-0.2, 0) is 10.2 Å². The number of carbonyl (C=O) groups is 1. The molecular weight excluding hydrogens is 500 g/mol. The van der Waals surface area contributed by atoms with Gasteiger partial charge in [-0.3, -0.25) is 9.36 Å². The third kappa shape index (κ3) is 6.62. The smallest absolute Gasteiger partial charge is 0.234 e. The number of thioether (sulfide) groups is 1. The fraction of sp³-hybridized carbons (Fsp3) is 0.300. The summed E-state index contributed by atoms with van der Waals surface area (Å²) in [5.74, 6) is 1.33. The van der Waals surface area contributed by atoms with Gasteiger partial charge in [-0.15, -0.1) is 10.2 Å². The predicted molar refractivity (Wildman–Crippen MR) is 155 cm³/mol. The van der Waals surface area contributed by atoms with Crippen molar-refractivity contribution in [1.29, 1.82) is 0 Å². The normalized spacial score (nSPS) is 12.4. The molecular formula is C30H33ClN4OS. The second-order valence-electron chi connectivity index (χ2n) is 10.2. The first-order valence-corrected chi connectivity index (χ1v) is 13.9. The Morgan fingerprint density at radius 1 is 0.973 bits per heavy atom. The second-order valence-corrected chi connectivity index (χ2v) is 11.6. The Labute approximate surface area is 228 Å². The van der Waals surface area contributed by atoms with Crippen molar-refractivity contribution in [1.82, 2.24) is 14.8 Å². The predicted octanol–water partition coefficient (Wildman–Crippen LogP) is 8.13. The van der Waals surface area contributed by atoms with Crippen LogP contribution in [0.5, 0.6) is 0 Å². The van der Waals surface area contributed by atoms with E-state index in [0.29, 0.717) is 21.9 Å². The number of nitrogens with one attached hydrogen (secondary N) is 1. The van der Waals surface area contributed by atoms with Crippen LogP contribution in [0.15, 0.2) is 78.0 Å². The molecule has 1 heterocycles. The molecule has 0 aliphatic rings. The van der Waals surface area contributed by atoms with E-state index in [2.05, 4.69) is 86.5 Å². The summed E-state index contributed by atoms with van der Waals surface area (Å²) in [6.07, 6.45) is 1.08. The molecule has 4 aromatic rings. The van der Waals surface area contributed by atoms with Gasteiger partial charge in [0.1, 0.15) is 0 Å². The Bertz CT molecular complexity index is 1340. The van der Waals surface area contributed by atoms with E-state index in [4.69, 9.17) is 11.6 Å². The minimum atomic E-state index is -0.0944. The van der Waals surface area contributed by atoms with E-state index in [0.717, 1.165) is 23.4 Å². The molecule has 1 atom stereocenters. The zero-order chi connectivity index (χ0) is 26.6. The van der Waals surface area contributed by atoms with E-state index >= 15 is 0 Å². The number of carbonyl (C=O) groups excluding carboxylic acids is 1. The van der Waals surface area contributed by atoms with Crippen molar-refractivity contribution in [3.05, 3.63) is 88.9 Å². The lowest BCUT2D eigenvalue weighted by molar-refractivity contribution is -0.113. The molecule has 0 aliphatic carbocycles. The minimum Gasteiger partial charge on any atom is -0.325 e. The number of anilines is 1. The third-order valence-electron chi connectivity index (χ3n) is 6.44. The maximum absolute atomic E-state index is 12.8. The summed E-state index contributed by atoms with van der Waals surface area (Å²) < 4.78 is 1.97. The second kappa shape index (κ2) is 11.5. The van der Waals surface area contributed by atoms with Gasteiger partial charge in [-0.05, 0) is 65.3 Å². The van der Waals surface area contributed by atoms with Crippen LogP contribution in [0.3, 0.4) is 0 Å². The third-order valence-corrected chi connectivity index (χ3v) is 7.62. The number of nitrogens with zero attached hydrogens (tertiary/aromatic N) is 3. The van der Waals surface area contributed by atoms with Crippen molar-refractivity contribution in [2.24, 2.45) is 0 Å². The highest BCUT2D eigenvalue weighted by atomic mass is 35.5. The first kappa shape index (κ1) is 27.0. The molecule has 3 aromatic carbocycles. The lowest BCUT2D eigenvalue weighted by Crippen LogP contribution is -2.14. The molecule has 0 radical (unpaired) electrons. The molecule has 0 spiro atoms. The summed E-state index contributed by atoms with van der Waals surface area (Å²) in [6, 6.07) is 24.0. The standard InChI is InChI=1S/C30H33ClN4OS/c1-6-20(2)21-9-15-25(16-10-21)32-27(36)19-37-29-34-33-28(35(29)26-17-13-24(31)14-18-26)22-7-11-23(12-8-22)30(3,4)5/h7-18,20H,6,19H2,1-5H3,(H,32,36). The van der Waals surface area contributed by atoms with E-state index < -0.39 is 0 Å². The van der Waals surface area contributed by atoms with Gasteiger partial charge in [0.2, 0.25) is 5.91 Å². The molecule has 0 fully saturated rings. The number of hydrogen-bond acceptors (Lipinski definition) is 4. The highest BCUT2D eigenvalue weighted by molar-refractivity contribution is 7.99. The summed E-state index contributed by atoms with van der Waals surface area (Å²) in [5, 5.41) is 13.2. The molecule has 37 heavy (non-hydrogen) atoms. The molecule has 5 nitrogen and oxygen atoms in total.